The average Bonchev–Trinajstić information content (AvgIpc) is 4.18. The molecular formula is C72H50N2Si2. The molecule has 4 heteroatoms. The smallest absolute Gasteiger partial charge is 0.180 e. The van der Waals surface area contributed by atoms with Crippen molar-refractivity contribution in [2.45, 2.75) is 0 Å². The van der Waals surface area contributed by atoms with Crippen LogP contribution in [0, 0.1) is 0 Å². The van der Waals surface area contributed by atoms with Crippen molar-refractivity contribution < 1.29 is 0 Å². The first-order chi connectivity index (χ1) is 37.7. The van der Waals surface area contributed by atoms with Gasteiger partial charge < -0.3 is 9.13 Å². The van der Waals surface area contributed by atoms with Crippen LogP contribution in [0.4, 0.5) is 0 Å². The van der Waals surface area contributed by atoms with Gasteiger partial charge in [-0.2, -0.15) is 0 Å². The normalized spacial score (nSPS) is 12.8. The molecule has 1 aliphatic heterocycles. The van der Waals surface area contributed by atoms with Crippen LogP contribution in [0.3, 0.4) is 0 Å². The highest BCUT2D eigenvalue weighted by molar-refractivity contribution is 7.22. The lowest BCUT2D eigenvalue weighted by Crippen LogP contribution is -2.74. The van der Waals surface area contributed by atoms with Gasteiger partial charge in [-0.15, -0.1) is 0 Å². The van der Waals surface area contributed by atoms with Crippen LogP contribution in [0.25, 0.3) is 77.2 Å². The Bertz CT molecular complexity index is 4370. The molecule has 3 heterocycles. The van der Waals surface area contributed by atoms with Crippen molar-refractivity contribution in [1.29, 1.82) is 0 Å². The standard InChI is InChI=1S/C72H50N2Si2/c1-6-26-53(27-7-1)75(54-28-8-2-9-29-54,55-30-10-3-11-31-55)58-36-22-25-52(50-58)73-65-42-19-16-37-60(65)63-41-24-45-68(72(63)73)74-66-43-20-17-39-64(66)71-59(40-23-44-67(71)74)51-47-48-62-61-38-18-21-46-69(61)76(70(62)49-51,56-32-12-4-13-33-56)57-34-14-5-15-35-57/h1-50H. The molecule has 1 aliphatic rings. The third-order valence-electron chi connectivity index (χ3n) is 16.5. The summed E-state index contributed by atoms with van der Waals surface area (Å²) in [6, 6.07) is 114. The zero-order valence-electron chi connectivity index (χ0n) is 41.8. The third kappa shape index (κ3) is 6.38. The maximum absolute atomic E-state index is 2.85. The molecule has 0 amide bonds. The van der Waals surface area contributed by atoms with E-state index in [-0.39, 0.29) is 0 Å². The number of nitrogens with zero attached hydrogens (tertiary/aromatic N) is 2. The number of fused-ring (bicyclic) bond motifs is 9. The van der Waals surface area contributed by atoms with Gasteiger partial charge in [0.15, 0.2) is 16.1 Å². The van der Waals surface area contributed by atoms with Gasteiger partial charge in [0.1, 0.15) is 0 Å². The van der Waals surface area contributed by atoms with Crippen molar-refractivity contribution >= 4 is 101 Å². The minimum atomic E-state index is -2.85. The predicted molar refractivity (Wildman–Crippen MR) is 327 cm³/mol. The first kappa shape index (κ1) is 44.2. The second kappa shape index (κ2) is 17.7. The molecule has 2 aromatic heterocycles. The number of hydrogen-bond acceptors (Lipinski definition) is 0. The SMILES string of the molecule is c1ccc([Si](c2ccccc2)(c2ccccc2)c2cccc(-n3c4ccccc4c4cccc(-n5c6ccccc6c6c(-c7ccc8c(c7)[Si](c7ccccc7)(c7ccccc7)c7ccccc7-8)cccc65)c43)c2)cc1. The van der Waals surface area contributed by atoms with Crippen molar-refractivity contribution in [2.75, 3.05) is 0 Å². The average molecular weight is 999 g/mol. The van der Waals surface area contributed by atoms with E-state index in [4.69, 9.17) is 0 Å². The van der Waals surface area contributed by atoms with Crippen molar-refractivity contribution in [3.8, 4) is 33.6 Å². The lowest BCUT2D eigenvalue weighted by atomic mass is 9.97. The molecule has 0 saturated heterocycles. The first-order valence-electron chi connectivity index (χ1n) is 26.4. The van der Waals surface area contributed by atoms with Gasteiger partial charge in [0.05, 0.1) is 27.8 Å². The summed E-state index contributed by atoms with van der Waals surface area (Å²) in [6.07, 6.45) is 0. The van der Waals surface area contributed by atoms with E-state index in [1.165, 1.54) is 107 Å². The van der Waals surface area contributed by atoms with Gasteiger partial charge in [-0.3, -0.25) is 0 Å². The summed E-state index contributed by atoms with van der Waals surface area (Å²) in [5.74, 6) is 0. The van der Waals surface area contributed by atoms with E-state index >= 15 is 0 Å². The van der Waals surface area contributed by atoms with E-state index < -0.39 is 16.1 Å². The predicted octanol–water partition coefficient (Wildman–Crippen LogP) is 12.3. The molecular weight excluding hydrogens is 949 g/mol. The van der Waals surface area contributed by atoms with E-state index in [0.29, 0.717) is 0 Å². The van der Waals surface area contributed by atoms with Crippen molar-refractivity contribution in [3.63, 3.8) is 0 Å². The fourth-order valence-electron chi connectivity index (χ4n) is 13.5. The minimum Gasteiger partial charge on any atom is -0.307 e. The topological polar surface area (TPSA) is 9.86 Å². The van der Waals surface area contributed by atoms with Crippen LogP contribution in [0.15, 0.2) is 303 Å². The molecule has 0 spiro atoms. The summed E-state index contributed by atoms with van der Waals surface area (Å²) in [6.45, 7) is 0. The molecule has 0 saturated carbocycles. The molecule has 0 N–H and O–H groups in total. The summed E-state index contributed by atoms with van der Waals surface area (Å²) in [5, 5.41) is 16.1. The van der Waals surface area contributed by atoms with Gasteiger partial charge in [-0.25, -0.2) is 0 Å². The fraction of sp³-hybridized carbons (Fsp3) is 0. The number of rotatable bonds is 9. The van der Waals surface area contributed by atoms with Gasteiger partial charge in [-0.05, 0) is 100 Å². The molecule has 0 bridgehead atoms. The molecule has 0 radical (unpaired) electrons. The van der Waals surface area contributed by atoms with Crippen LogP contribution < -0.4 is 41.5 Å². The fourth-order valence-corrected chi connectivity index (χ4v) is 23.5. The van der Waals surface area contributed by atoms with Crippen LogP contribution in [-0.4, -0.2) is 25.3 Å². The van der Waals surface area contributed by atoms with Crippen molar-refractivity contribution in [3.05, 3.63) is 303 Å². The number of aromatic nitrogens is 2. The van der Waals surface area contributed by atoms with Crippen molar-refractivity contribution in [2.24, 2.45) is 0 Å². The number of hydrogen-bond donors (Lipinski definition) is 0. The number of benzene rings is 12. The number of para-hydroxylation sites is 3. The molecule has 76 heavy (non-hydrogen) atoms. The quantitative estimate of drug-likeness (QED) is 0.101. The van der Waals surface area contributed by atoms with E-state index in [1.54, 1.807) is 0 Å². The zero-order valence-corrected chi connectivity index (χ0v) is 43.8. The van der Waals surface area contributed by atoms with E-state index in [1.807, 2.05) is 0 Å². The molecule has 0 fully saturated rings. The first-order valence-corrected chi connectivity index (χ1v) is 30.4. The third-order valence-corrected chi connectivity index (χ3v) is 26.2. The van der Waals surface area contributed by atoms with Crippen LogP contribution in [-0.2, 0) is 0 Å². The van der Waals surface area contributed by atoms with E-state index in [2.05, 4.69) is 312 Å². The highest BCUT2D eigenvalue weighted by Gasteiger charge is 2.49. The summed E-state index contributed by atoms with van der Waals surface area (Å²) in [7, 11) is -5.57. The van der Waals surface area contributed by atoms with Crippen LogP contribution in [0.2, 0.25) is 0 Å². The molecule has 0 aliphatic carbocycles. The van der Waals surface area contributed by atoms with E-state index in [9.17, 15) is 0 Å². The molecule has 0 atom stereocenters. The van der Waals surface area contributed by atoms with Gasteiger partial charge in [0.25, 0.3) is 0 Å². The van der Waals surface area contributed by atoms with Gasteiger partial charge in [0, 0.05) is 27.2 Å². The molecule has 0 unspecified atom stereocenters. The Balaban J connectivity index is 0.981. The van der Waals surface area contributed by atoms with Crippen LogP contribution in [0.1, 0.15) is 0 Å². The summed E-state index contributed by atoms with van der Waals surface area (Å²) in [5.41, 5.74) is 12.2. The molecule has 2 nitrogen and oxygen atoms in total. The van der Waals surface area contributed by atoms with E-state index in [0.717, 1.165) is 11.4 Å². The molecule has 356 valence electrons. The summed E-state index contributed by atoms with van der Waals surface area (Å²) >= 11 is 0. The highest BCUT2D eigenvalue weighted by atomic mass is 28.3. The minimum absolute atomic E-state index is 1.14. The Morgan fingerprint density at radius 3 is 1.42 bits per heavy atom. The van der Waals surface area contributed by atoms with Gasteiger partial charge >= 0.3 is 0 Å². The Morgan fingerprint density at radius 2 is 0.763 bits per heavy atom. The zero-order chi connectivity index (χ0) is 50.2. The highest BCUT2D eigenvalue weighted by Crippen LogP contribution is 2.43. The largest absolute Gasteiger partial charge is 0.307 e. The lowest BCUT2D eigenvalue weighted by Gasteiger charge is -2.34. The summed E-state index contributed by atoms with van der Waals surface area (Å²) < 4.78 is 5.09. The second-order valence-electron chi connectivity index (χ2n) is 20.3. The molecule has 14 aromatic rings. The van der Waals surface area contributed by atoms with Crippen LogP contribution >= 0.6 is 0 Å². The van der Waals surface area contributed by atoms with Gasteiger partial charge in [0.2, 0.25) is 0 Å². The van der Waals surface area contributed by atoms with Gasteiger partial charge in [-0.1, -0.05) is 267 Å². The molecule has 12 aromatic carbocycles. The lowest BCUT2D eigenvalue weighted by molar-refractivity contribution is 1.13. The Kier molecular flexibility index (Phi) is 10.3. The molecule has 15 rings (SSSR count). The van der Waals surface area contributed by atoms with Crippen LogP contribution in [0.5, 0.6) is 0 Å². The van der Waals surface area contributed by atoms with Crippen molar-refractivity contribution in [1.82, 2.24) is 9.13 Å². The Hall–Kier alpha value is -9.33. The monoisotopic (exact) mass is 998 g/mol. The second-order valence-corrected chi connectivity index (χ2v) is 27.8. The Morgan fingerprint density at radius 1 is 0.289 bits per heavy atom. The maximum atomic E-state index is 2.57. The maximum Gasteiger partial charge on any atom is 0.180 e. The summed E-state index contributed by atoms with van der Waals surface area (Å²) in [4.78, 5) is 0. The Labute approximate surface area is 444 Å².